The maximum atomic E-state index is 11.9. The molecule has 0 spiro atoms. The van der Waals surface area contributed by atoms with Gasteiger partial charge >= 0.3 is 5.69 Å². The van der Waals surface area contributed by atoms with Gasteiger partial charge in [0.1, 0.15) is 6.29 Å². The van der Waals surface area contributed by atoms with Gasteiger partial charge in [-0.2, -0.15) is 0 Å². The third-order valence-electron chi connectivity index (χ3n) is 2.52. The second-order valence-corrected chi connectivity index (χ2v) is 3.44. The van der Waals surface area contributed by atoms with E-state index < -0.39 is 11.2 Å². The van der Waals surface area contributed by atoms with Crippen molar-refractivity contribution in [3.63, 3.8) is 0 Å². The zero-order chi connectivity index (χ0) is 11.7. The maximum absolute atomic E-state index is 11.9. The van der Waals surface area contributed by atoms with Gasteiger partial charge in [0, 0.05) is 7.05 Å². The molecule has 0 radical (unpaired) electrons. The van der Waals surface area contributed by atoms with Crippen LogP contribution >= 0.6 is 0 Å². The summed E-state index contributed by atoms with van der Waals surface area (Å²) in [7, 11) is 1.57. The van der Waals surface area contributed by atoms with E-state index in [2.05, 4.69) is 0 Å². The largest absolute Gasteiger partial charge is 0.331 e. The number of carbonyl (C=O) groups is 1. The van der Waals surface area contributed by atoms with Crippen molar-refractivity contribution in [1.82, 2.24) is 9.13 Å². The van der Waals surface area contributed by atoms with Crippen molar-refractivity contribution in [3.05, 3.63) is 45.1 Å². The first-order valence-electron chi connectivity index (χ1n) is 4.79. The Labute approximate surface area is 90.6 Å². The summed E-state index contributed by atoms with van der Waals surface area (Å²) < 4.78 is 2.29. The van der Waals surface area contributed by atoms with Crippen LogP contribution in [0.3, 0.4) is 0 Å². The van der Waals surface area contributed by atoms with Crippen molar-refractivity contribution in [2.45, 2.75) is 6.54 Å². The van der Waals surface area contributed by atoms with Gasteiger partial charge in [-0.15, -0.1) is 0 Å². The van der Waals surface area contributed by atoms with Crippen LogP contribution in [-0.2, 0) is 18.4 Å². The first-order valence-corrected chi connectivity index (χ1v) is 4.79. The number of aldehydes is 1. The molecule has 0 atom stereocenters. The Kier molecular flexibility index (Phi) is 2.44. The molecule has 0 fully saturated rings. The fraction of sp³-hybridized carbons (Fsp3) is 0.182. The Morgan fingerprint density at radius 1 is 1.25 bits per heavy atom. The van der Waals surface area contributed by atoms with Gasteiger partial charge in [-0.3, -0.25) is 13.9 Å². The van der Waals surface area contributed by atoms with Crippen LogP contribution in [0.5, 0.6) is 0 Å². The summed E-state index contributed by atoms with van der Waals surface area (Å²) in [4.78, 5) is 34.1. The van der Waals surface area contributed by atoms with Crippen LogP contribution in [0.1, 0.15) is 0 Å². The number of rotatable bonds is 2. The van der Waals surface area contributed by atoms with Crippen LogP contribution < -0.4 is 11.2 Å². The Morgan fingerprint density at radius 2 is 1.94 bits per heavy atom. The molecule has 5 heteroatoms. The van der Waals surface area contributed by atoms with Crippen LogP contribution in [0.25, 0.3) is 10.9 Å². The van der Waals surface area contributed by atoms with Crippen molar-refractivity contribution >= 4 is 17.2 Å². The van der Waals surface area contributed by atoms with E-state index in [9.17, 15) is 14.4 Å². The summed E-state index contributed by atoms with van der Waals surface area (Å²) >= 11 is 0. The summed E-state index contributed by atoms with van der Waals surface area (Å²) in [5, 5.41) is 0.437. The van der Waals surface area contributed by atoms with E-state index in [1.807, 2.05) is 0 Å². The molecule has 0 saturated heterocycles. The average molecular weight is 218 g/mol. The van der Waals surface area contributed by atoms with E-state index in [1.165, 1.54) is 4.57 Å². The van der Waals surface area contributed by atoms with Crippen molar-refractivity contribution in [2.75, 3.05) is 0 Å². The number of fused-ring (bicyclic) bond motifs is 1. The van der Waals surface area contributed by atoms with Gasteiger partial charge in [-0.05, 0) is 12.1 Å². The highest BCUT2D eigenvalue weighted by Gasteiger charge is 2.09. The molecule has 16 heavy (non-hydrogen) atoms. The lowest BCUT2D eigenvalue weighted by Crippen LogP contribution is -2.39. The summed E-state index contributed by atoms with van der Waals surface area (Å²) in [6.07, 6.45) is 0.539. The molecular formula is C11H10N2O3. The van der Waals surface area contributed by atoms with Gasteiger partial charge in [0.05, 0.1) is 17.4 Å². The molecule has 1 aromatic carbocycles. The van der Waals surface area contributed by atoms with Crippen molar-refractivity contribution in [2.24, 2.45) is 7.05 Å². The molecule has 2 rings (SSSR count). The molecule has 0 unspecified atom stereocenters. The molecule has 0 saturated carbocycles. The van der Waals surface area contributed by atoms with E-state index >= 15 is 0 Å². The third kappa shape index (κ3) is 1.37. The van der Waals surface area contributed by atoms with Gasteiger partial charge < -0.3 is 4.79 Å². The fourth-order valence-corrected chi connectivity index (χ4v) is 1.70. The molecule has 0 N–H and O–H groups in total. The molecule has 2 aromatic rings. The van der Waals surface area contributed by atoms with Crippen molar-refractivity contribution in [3.8, 4) is 0 Å². The highest BCUT2D eigenvalue weighted by molar-refractivity contribution is 5.77. The molecule has 0 aliphatic carbocycles. The Morgan fingerprint density at radius 3 is 2.62 bits per heavy atom. The Balaban J connectivity index is 3.00. The molecule has 0 aliphatic heterocycles. The van der Waals surface area contributed by atoms with E-state index in [-0.39, 0.29) is 6.54 Å². The number of hydrogen-bond donors (Lipinski definition) is 0. The number of benzene rings is 1. The van der Waals surface area contributed by atoms with Gasteiger partial charge in [0.25, 0.3) is 5.56 Å². The maximum Gasteiger partial charge on any atom is 0.331 e. The number of nitrogens with zero attached hydrogens (tertiary/aromatic N) is 2. The van der Waals surface area contributed by atoms with Crippen LogP contribution in [0, 0.1) is 0 Å². The molecule has 1 heterocycles. The fourth-order valence-electron chi connectivity index (χ4n) is 1.70. The van der Waals surface area contributed by atoms with Crippen molar-refractivity contribution < 1.29 is 4.79 Å². The third-order valence-corrected chi connectivity index (χ3v) is 2.52. The molecule has 5 nitrogen and oxygen atoms in total. The minimum Gasteiger partial charge on any atom is -0.301 e. The van der Waals surface area contributed by atoms with E-state index in [0.717, 1.165) is 4.57 Å². The number of aromatic nitrogens is 2. The van der Waals surface area contributed by atoms with Crippen LogP contribution in [0.2, 0.25) is 0 Å². The smallest absolute Gasteiger partial charge is 0.301 e. The SMILES string of the molecule is Cn1c(=O)n(CC=O)c(=O)c2ccccc21. The lowest BCUT2D eigenvalue weighted by atomic mass is 10.2. The normalized spacial score (nSPS) is 10.6. The van der Waals surface area contributed by atoms with Gasteiger partial charge in [-0.1, -0.05) is 12.1 Å². The molecule has 82 valence electrons. The topological polar surface area (TPSA) is 61.1 Å². The minimum absolute atomic E-state index is 0.212. The van der Waals surface area contributed by atoms with E-state index in [0.29, 0.717) is 17.2 Å². The van der Waals surface area contributed by atoms with E-state index in [4.69, 9.17) is 0 Å². The molecule has 0 bridgehead atoms. The van der Waals surface area contributed by atoms with Gasteiger partial charge in [-0.25, -0.2) is 4.79 Å². The van der Waals surface area contributed by atoms with Crippen LogP contribution in [0.15, 0.2) is 33.9 Å². The standard InChI is InChI=1S/C11H10N2O3/c1-12-9-5-3-2-4-8(9)10(15)13(6-7-14)11(12)16/h2-5,7H,6H2,1H3. The highest BCUT2D eigenvalue weighted by atomic mass is 16.2. The Bertz CT molecular complexity index is 667. The first kappa shape index (κ1) is 10.4. The average Bonchev–Trinajstić information content (AvgIpc) is 2.32. The molecule has 1 aromatic heterocycles. The quantitative estimate of drug-likeness (QED) is 0.661. The molecule has 0 amide bonds. The number of hydrogen-bond acceptors (Lipinski definition) is 3. The summed E-state index contributed by atoms with van der Waals surface area (Å²) in [6.45, 7) is -0.212. The molecular weight excluding hydrogens is 208 g/mol. The Hall–Kier alpha value is -2.17. The second-order valence-electron chi connectivity index (χ2n) is 3.44. The summed E-state index contributed by atoms with van der Waals surface area (Å²) in [5.74, 6) is 0. The monoisotopic (exact) mass is 218 g/mol. The predicted octanol–water partition coefficient (Wildman–Crippen LogP) is -0.101. The van der Waals surface area contributed by atoms with Crippen molar-refractivity contribution in [1.29, 1.82) is 0 Å². The van der Waals surface area contributed by atoms with Gasteiger partial charge in [0.15, 0.2) is 0 Å². The zero-order valence-corrected chi connectivity index (χ0v) is 8.71. The number of carbonyl (C=O) groups excluding carboxylic acids is 1. The van der Waals surface area contributed by atoms with Crippen LogP contribution in [-0.4, -0.2) is 15.4 Å². The zero-order valence-electron chi connectivity index (χ0n) is 8.71. The van der Waals surface area contributed by atoms with E-state index in [1.54, 1.807) is 31.3 Å². The first-order chi connectivity index (χ1) is 7.66. The van der Waals surface area contributed by atoms with Gasteiger partial charge in [0.2, 0.25) is 0 Å². The highest BCUT2D eigenvalue weighted by Crippen LogP contribution is 2.05. The summed E-state index contributed by atoms with van der Waals surface area (Å²) in [6, 6.07) is 6.81. The van der Waals surface area contributed by atoms with Crippen LogP contribution in [0.4, 0.5) is 0 Å². The summed E-state index contributed by atoms with van der Waals surface area (Å²) in [5.41, 5.74) is -0.332. The lowest BCUT2D eigenvalue weighted by molar-refractivity contribution is -0.108. The predicted molar refractivity (Wildman–Crippen MR) is 59.5 cm³/mol. The minimum atomic E-state index is -0.476. The number of para-hydroxylation sites is 1. The second kappa shape index (κ2) is 3.77. The number of aryl methyl sites for hydroxylation is 1. The lowest BCUT2D eigenvalue weighted by Gasteiger charge is -2.07. The molecule has 0 aliphatic rings.